The first kappa shape index (κ1) is 9.48. The molecule has 0 atom stereocenters. The van der Waals surface area contributed by atoms with E-state index in [4.69, 9.17) is 0 Å². The van der Waals surface area contributed by atoms with Crippen molar-refractivity contribution in [1.29, 1.82) is 0 Å². The van der Waals surface area contributed by atoms with Crippen molar-refractivity contribution in [2.24, 2.45) is 0 Å². The number of rotatable bonds is 1. The predicted octanol–water partition coefficient (Wildman–Crippen LogP) is 3.52. The molecule has 0 saturated carbocycles. The van der Waals surface area contributed by atoms with Gasteiger partial charge in [0.1, 0.15) is 0 Å². The molecule has 0 radical (unpaired) electrons. The molecular formula is C13H10N2S. The quantitative estimate of drug-likeness (QED) is 0.611. The van der Waals surface area contributed by atoms with E-state index in [1.165, 1.54) is 11.1 Å². The fourth-order valence-electron chi connectivity index (χ4n) is 1.81. The van der Waals surface area contributed by atoms with Crippen LogP contribution in [0.5, 0.6) is 0 Å². The molecule has 0 aliphatic carbocycles. The van der Waals surface area contributed by atoms with Crippen LogP contribution >= 0.6 is 12.6 Å². The highest BCUT2D eigenvalue weighted by atomic mass is 32.1. The molecule has 0 saturated heterocycles. The lowest BCUT2D eigenvalue weighted by molar-refractivity contribution is 1.09. The van der Waals surface area contributed by atoms with E-state index in [1.54, 1.807) is 0 Å². The van der Waals surface area contributed by atoms with Crippen molar-refractivity contribution in [3.8, 4) is 11.1 Å². The van der Waals surface area contributed by atoms with Crippen LogP contribution in [-0.4, -0.2) is 9.97 Å². The lowest BCUT2D eigenvalue weighted by atomic mass is 10.1. The number of nitrogens with zero attached hydrogens (tertiary/aromatic N) is 1. The summed E-state index contributed by atoms with van der Waals surface area (Å²) in [6, 6.07) is 16.5. The molecule has 16 heavy (non-hydrogen) atoms. The molecule has 2 nitrogen and oxygen atoms in total. The third-order valence-electron chi connectivity index (χ3n) is 2.58. The first-order chi connectivity index (χ1) is 7.83. The Hall–Kier alpha value is -1.74. The van der Waals surface area contributed by atoms with Crippen molar-refractivity contribution in [2.45, 2.75) is 5.16 Å². The maximum atomic E-state index is 4.26. The van der Waals surface area contributed by atoms with Crippen LogP contribution in [0.4, 0.5) is 0 Å². The normalized spacial score (nSPS) is 10.8. The van der Waals surface area contributed by atoms with E-state index in [2.05, 4.69) is 46.9 Å². The summed E-state index contributed by atoms with van der Waals surface area (Å²) in [6.07, 6.45) is 0. The Kier molecular flexibility index (Phi) is 2.18. The van der Waals surface area contributed by atoms with Gasteiger partial charge in [-0.3, -0.25) is 0 Å². The SMILES string of the molecule is Sc1nc2ccc(-c3ccccc3)cc2[nH]1. The Morgan fingerprint density at radius 3 is 2.56 bits per heavy atom. The van der Waals surface area contributed by atoms with E-state index in [0.29, 0.717) is 5.16 Å². The van der Waals surface area contributed by atoms with Gasteiger partial charge in [-0.05, 0) is 23.3 Å². The number of hydrogen-bond acceptors (Lipinski definition) is 2. The summed E-state index contributed by atoms with van der Waals surface area (Å²) in [4.78, 5) is 7.38. The van der Waals surface area contributed by atoms with Gasteiger partial charge >= 0.3 is 0 Å². The van der Waals surface area contributed by atoms with Gasteiger partial charge in [-0.1, -0.05) is 36.4 Å². The van der Waals surface area contributed by atoms with Gasteiger partial charge in [-0.15, -0.1) is 12.6 Å². The fraction of sp³-hybridized carbons (Fsp3) is 0. The highest BCUT2D eigenvalue weighted by Crippen LogP contribution is 2.23. The van der Waals surface area contributed by atoms with Crippen molar-refractivity contribution in [1.82, 2.24) is 9.97 Å². The molecule has 1 N–H and O–H groups in total. The van der Waals surface area contributed by atoms with E-state index in [9.17, 15) is 0 Å². The molecule has 2 aromatic carbocycles. The maximum Gasteiger partial charge on any atom is 0.163 e. The van der Waals surface area contributed by atoms with E-state index in [-0.39, 0.29) is 0 Å². The van der Waals surface area contributed by atoms with Crippen molar-refractivity contribution < 1.29 is 0 Å². The zero-order chi connectivity index (χ0) is 11.0. The molecule has 0 unspecified atom stereocenters. The number of fused-ring (bicyclic) bond motifs is 1. The number of benzene rings is 2. The van der Waals surface area contributed by atoms with Gasteiger partial charge < -0.3 is 4.98 Å². The van der Waals surface area contributed by atoms with Crippen LogP contribution in [0.2, 0.25) is 0 Å². The van der Waals surface area contributed by atoms with Crippen molar-refractivity contribution in [3.63, 3.8) is 0 Å². The van der Waals surface area contributed by atoms with Crippen LogP contribution in [0, 0.1) is 0 Å². The third-order valence-corrected chi connectivity index (χ3v) is 2.79. The summed E-state index contributed by atoms with van der Waals surface area (Å²) >= 11 is 4.20. The molecule has 0 aliphatic heterocycles. The minimum Gasteiger partial charge on any atom is -0.333 e. The van der Waals surface area contributed by atoms with Gasteiger partial charge in [0, 0.05) is 0 Å². The van der Waals surface area contributed by atoms with Gasteiger partial charge in [0.05, 0.1) is 11.0 Å². The van der Waals surface area contributed by atoms with E-state index >= 15 is 0 Å². The highest BCUT2D eigenvalue weighted by molar-refractivity contribution is 7.80. The van der Waals surface area contributed by atoms with Gasteiger partial charge in [0.15, 0.2) is 5.16 Å². The van der Waals surface area contributed by atoms with Crippen molar-refractivity contribution in [2.75, 3.05) is 0 Å². The lowest BCUT2D eigenvalue weighted by Gasteiger charge is -2.00. The average Bonchev–Trinajstić information content (AvgIpc) is 2.69. The van der Waals surface area contributed by atoms with Crippen LogP contribution in [-0.2, 0) is 0 Å². The zero-order valence-electron chi connectivity index (χ0n) is 8.51. The van der Waals surface area contributed by atoms with E-state index in [0.717, 1.165) is 11.0 Å². The molecular weight excluding hydrogens is 216 g/mol. The molecule has 0 fully saturated rings. The smallest absolute Gasteiger partial charge is 0.163 e. The molecule has 0 amide bonds. The Morgan fingerprint density at radius 1 is 0.938 bits per heavy atom. The van der Waals surface area contributed by atoms with E-state index in [1.807, 2.05) is 24.3 Å². The predicted molar refractivity (Wildman–Crippen MR) is 68.8 cm³/mol. The summed E-state index contributed by atoms with van der Waals surface area (Å²) in [5, 5.41) is 0.653. The number of imidazole rings is 1. The molecule has 3 heteroatoms. The summed E-state index contributed by atoms with van der Waals surface area (Å²) in [5.41, 5.74) is 4.36. The number of nitrogens with one attached hydrogen (secondary N) is 1. The van der Waals surface area contributed by atoms with Gasteiger partial charge in [0.2, 0.25) is 0 Å². The number of aromatic amines is 1. The summed E-state index contributed by atoms with van der Waals surface area (Å²) in [6.45, 7) is 0. The lowest BCUT2D eigenvalue weighted by Crippen LogP contribution is -1.77. The second-order valence-electron chi connectivity index (χ2n) is 3.66. The van der Waals surface area contributed by atoms with Crippen LogP contribution in [0.25, 0.3) is 22.2 Å². The molecule has 3 aromatic rings. The number of thiol groups is 1. The average molecular weight is 226 g/mol. The summed E-state index contributed by atoms with van der Waals surface area (Å²) in [7, 11) is 0. The first-order valence-electron chi connectivity index (χ1n) is 5.07. The Balaban J connectivity index is 2.18. The fourth-order valence-corrected chi connectivity index (χ4v) is 2.03. The summed E-state index contributed by atoms with van der Waals surface area (Å²) < 4.78 is 0. The monoisotopic (exact) mass is 226 g/mol. The molecule has 0 aliphatic rings. The third kappa shape index (κ3) is 1.59. The van der Waals surface area contributed by atoms with Gasteiger partial charge in [-0.25, -0.2) is 4.98 Å². The molecule has 78 valence electrons. The zero-order valence-corrected chi connectivity index (χ0v) is 9.41. The highest BCUT2D eigenvalue weighted by Gasteiger charge is 2.02. The standard InChI is InChI=1S/C13H10N2S/c16-13-14-11-7-6-10(8-12(11)15-13)9-4-2-1-3-5-9/h1-8H,(H2,14,15,16). The van der Waals surface area contributed by atoms with Crippen LogP contribution in [0.1, 0.15) is 0 Å². The topological polar surface area (TPSA) is 28.7 Å². The van der Waals surface area contributed by atoms with E-state index < -0.39 is 0 Å². The maximum absolute atomic E-state index is 4.26. The van der Waals surface area contributed by atoms with Crippen molar-refractivity contribution >= 4 is 23.7 Å². The van der Waals surface area contributed by atoms with Crippen LogP contribution in [0.15, 0.2) is 53.7 Å². The van der Waals surface area contributed by atoms with Gasteiger partial charge in [0.25, 0.3) is 0 Å². The molecule has 1 heterocycles. The van der Waals surface area contributed by atoms with Crippen LogP contribution in [0.3, 0.4) is 0 Å². The number of aromatic nitrogens is 2. The Bertz CT molecular complexity index is 629. The molecule has 1 aromatic heterocycles. The summed E-state index contributed by atoms with van der Waals surface area (Å²) in [5.74, 6) is 0. The minimum absolute atomic E-state index is 0.653. The largest absolute Gasteiger partial charge is 0.333 e. The number of hydrogen-bond donors (Lipinski definition) is 2. The second-order valence-corrected chi connectivity index (χ2v) is 4.08. The minimum atomic E-state index is 0.653. The Labute approximate surface area is 98.8 Å². The first-order valence-corrected chi connectivity index (χ1v) is 5.52. The molecule has 0 bridgehead atoms. The van der Waals surface area contributed by atoms with Gasteiger partial charge in [-0.2, -0.15) is 0 Å². The second kappa shape index (κ2) is 3.68. The molecule has 0 spiro atoms. The van der Waals surface area contributed by atoms with Crippen molar-refractivity contribution in [3.05, 3.63) is 48.5 Å². The molecule has 3 rings (SSSR count). The Morgan fingerprint density at radius 2 is 1.75 bits per heavy atom. The van der Waals surface area contributed by atoms with Crippen LogP contribution < -0.4 is 0 Å². The number of H-pyrrole nitrogens is 1.